The van der Waals surface area contributed by atoms with Crippen LogP contribution in [0, 0.1) is 0 Å². The summed E-state index contributed by atoms with van der Waals surface area (Å²) >= 11 is 0. The number of nitrogens with one attached hydrogen (secondary N) is 1. The molecule has 92 valence electrons. The van der Waals surface area contributed by atoms with Gasteiger partial charge in [-0.3, -0.25) is 4.99 Å². The van der Waals surface area contributed by atoms with Crippen LogP contribution in [-0.4, -0.2) is 41.2 Å². The summed E-state index contributed by atoms with van der Waals surface area (Å²) < 4.78 is 0. The van der Waals surface area contributed by atoms with E-state index in [9.17, 15) is 10.2 Å². The summed E-state index contributed by atoms with van der Waals surface area (Å²) in [5.74, 6) is 0.208. The fraction of sp³-hybridized carbons (Fsp3) is 0.462. The van der Waals surface area contributed by atoms with Crippen LogP contribution in [0.1, 0.15) is 18.9 Å². The van der Waals surface area contributed by atoms with E-state index in [1.54, 1.807) is 24.4 Å². The number of para-hydroxylation sites is 1. The van der Waals surface area contributed by atoms with Crippen LogP contribution >= 0.6 is 0 Å². The second kappa shape index (κ2) is 4.85. The molecule has 0 aromatic heterocycles. The number of phenols is 1. The Morgan fingerprint density at radius 3 is 2.88 bits per heavy atom. The molecule has 4 nitrogen and oxygen atoms in total. The van der Waals surface area contributed by atoms with E-state index < -0.39 is 5.60 Å². The van der Waals surface area contributed by atoms with Crippen LogP contribution in [0.25, 0.3) is 0 Å². The number of benzene rings is 1. The Hall–Kier alpha value is -1.39. The van der Waals surface area contributed by atoms with Gasteiger partial charge in [-0.05, 0) is 32.0 Å². The van der Waals surface area contributed by atoms with Crippen molar-refractivity contribution in [3.05, 3.63) is 29.8 Å². The zero-order chi connectivity index (χ0) is 12.3. The Labute approximate surface area is 101 Å². The first kappa shape index (κ1) is 12.1. The van der Waals surface area contributed by atoms with Crippen molar-refractivity contribution >= 4 is 6.21 Å². The molecule has 2 atom stereocenters. The molecule has 1 aromatic rings. The maximum absolute atomic E-state index is 10.3. The molecule has 0 saturated carbocycles. The van der Waals surface area contributed by atoms with Crippen molar-refractivity contribution < 1.29 is 10.2 Å². The Morgan fingerprint density at radius 1 is 1.47 bits per heavy atom. The minimum absolute atomic E-state index is 0.183. The maximum atomic E-state index is 10.3. The van der Waals surface area contributed by atoms with E-state index in [2.05, 4.69) is 10.3 Å². The summed E-state index contributed by atoms with van der Waals surface area (Å²) in [6, 6.07) is 6.85. The van der Waals surface area contributed by atoms with E-state index in [1.807, 2.05) is 13.0 Å². The van der Waals surface area contributed by atoms with E-state index in [-0.39, 0.29) is 11.8 Å². The molecule has 4 heteroatoms. The smallest absolute Gasteiger partial charge is 0.124 e. The Morgan fingerprint density at radius 2 is 2.24 bits per heavy atom. The normalized spacial score (nSPS) is 26.5. The van der Waals surface area contributed by atoms with Crippen molar-refractivity contribution in [2.24, 2.45) is 4.99 Å². The lowest BCUT2D eigenvalue weighted by Gasteiger charge is -2.25. The maximum Gasteiger partial charge on any atom is 0.124 e. The highest BCUT2D eigenvalue weighted by Crippen LogP contribution is 2.22. The van der Waals surface area contributed by atoms with Gasteiger partial charge in [0.2, 0.25) is 0 Å². The first-order chi connectivity index (χ1) is 8.12. The minimum Gasteiger partial charge on any atom is -0.507 e. The summed E-state index contributed by atoms with van der Waals surface area (Å²) in [7, 11) is 0. The van der Waals surface area contributed by atoms with Crippen molar-refractivity contribution in [3.8, 4) is 5.75 Å². The van der Waals surface area contributed by atoms with Gasteiger partial charge in [0.1, 0.15) is 11.4 Å². The summed E-state index contributed by atoms with van der Waals surface area (Å²) in [6.07, 6.45) is 2.34. The van der Waals surface area contributed by atoms with Crippen LogP contribution in [-0.2, 0) is 0 Å². The van der Waals surface area contributed by atoms with Crippen molar-refractivity contribution in [2.75, 3.05) is 13.1 Å². The van der Waals surface area contributed by atoms with Crippen LogP contribution in [0.5, 0.6) is 5.75 Å². The number of nitrogens with zero attached hydrogens (tertiary/aromatic N) is 1. The molecule has 17 heavy (non-hydrogen) atoms. The first-order valence-corrected chi connectivity index (χ1v) is 5.86. The second-order valence-electron chi connectivity index (χ2n) is 4.54. The number of aliphatic imine (C=N–C) groups is 1. The van der Waals surface area contributed by atoms with E-state index >= 15 is 0 Å². The highest BCUT2D eigenvalue weighted by Gasteiger charge is 2.36. The monoisotopic (exact) mass is 234 g/mol. The van der Waals surface area contributed by atoms with Crippen LogP contribution in [0.2, 0.25) is 0 Å². The molecule has 1 saturated heterocycles. The highest BCUT2D eigenvalue weighted by atomic mass is 16.3. The number of hydrogen-bond donors (Lipinski definition) is 3. The van der Waals surface area contributed by atoms with E-state index in [0.29, 0.717) is 18.5 Å². The average Bonchev–Trinajstić information content (AvgIpc) is 2.76. The SMILES string of the molecule is CC(N=Cc1ccccc1O)C1(O)CCNC1. The fourth-order valence-electron chi connectivity index (χ4n) is 1.98. The lowest BCUT2D eigenvalue weighted by atomic mass is 9.95. The van der Waals surface area contributed by atoms with Crippen molar-refractivity contribution in [3.63, 3.8) is 0 Å². The lowest BCUT2D eigenvalue weighted by Crippen LogP contribution is -2.41. The Bertz CT molecular complexity index is 412. The lowest BCUT2D eigenvalue weighted by molar-refractivity contribution is 0.0410. The van der Waals surface area contributed by atoms with Crippen LogP contribution in [0.3, 0.4) is 0 Å². The molecule has 1 aliphatic heterocycles. The van der Waals surface area contributed by atoms with E-state index in [4.69, 9.17) is 0 Å². The van der Waals surface area contributed by atoms with Crippen molar-refractivity contribution in [2.45, 2.75) is 25.0 Å². The molecule has 1 aliphatic rings. The third kappa shape index (κ3) is 2.65. The second-order valence-corrected chi connectivity index (χ2v) is 4.54. The Balaban J connectivity index is 2.08. The molecule has 0 bridgehead atoms. The van der Waals surface area contributed by atoms with Crippen LogP contribution in [0.15, 0.2) is 29.3 Å². The van der Waals surface area contributed by atoms with Gasteiger partial charge in [-0.15, -0.1) is 0 Å². The average molecular weight is 234 g/mol. The van der Waals surface area contributed by atoms with Gasteiger partial charge in [-0.25, -0.2) is 0 Å². The molecule has 0 radical (unpaired) electrons. The molecular formula is C13H18N2O2. The fourth-order valence-corrected chi connectivity index (χ4v) is 1.98. The van der Waals surface area contributed by atoms with Gasteiger partial charge in [0.05, 0.1) is 6.04 Å². The number of rotatable bonds is 3. The van der Waals surface area contributed by atoms with Crippen molar-refractivity contribution in [1.82, 2.24) is 5.32 Å². The molecule has 0 amide bonds. The third-order valence-corrected chi connectivity index (χ3v) is 3.32. The molecule has 1 fully saturated rings. The molecule has 0 spiro atoms. The predicted octanol–water partition coefficient (Wildman–Crippen LogP) is 0.924. The summed E-state index contributed by atoms with van der Waals surface area (Å²) in [6.45, 7) is 3.29. The quantitative estimate of drug-likeness (QED) is 0.681. The van der Waals surface area contributed by atoms with Gasteiger partial charge in [0.15, 0.2) is 0 Å². The largest absolute Gasteiger partial charge is 0.507 e. The van der Waals surface area contributed by atoms with E-state index in [1.165, 1.54) is 0 Å². The minimum atomic E-state index is -0.763. The summed E-state index contributed by atoms with van der Waals surface area (Å²) in [5, 5.41) is 23.0. The molecule has 3 N–H and O–H groups in total. The number of aromatic hydroxyl groups is 1. The molecule has 1 aromatic carbocycles. The number of phenolic OH excluding ortho intramolecular Hbond substituents is 1. The molecule has 2 rings (SSSR count). The third-order valence-electron chi connectivity index (χ3n) is 3.32. The van der Waals surface area contributed by atoms with Crippen molar-refractivity contribution in [1.29, 1.82) is 0 Å². The zero-order valence-corrected chi connectivity index (χ0v) is 9.93. The molecular weight excluding hydrogens is 216 g/mol. The molecule has 2 unspecified atom stereocenters. The van der Waals surface area contributed by atoms with Gasteiger partial charge in [-0.2, -0.15) is 0 Å². The molecule has 0 aliphatic carbocycles. The van der Waals surface area contributed by atoms with Crippen LogP contribution < -0.4 is 5.32 Å². The predicted molar refractivity (Wildman–Crippen MR) is 67.6 cm³/mol. The van der Waals surface area contributed by atoms with Crippen LogP contribution in [0.4, 0.5) is 0 Å². The topological polar surface area (TPSA) is 64.9 Å². The highest BCUT2D eigenvalue weighted by molar-refractivity contribution is 5.83. The number of hydrogen-bond acceptors (Lipinski definition) is 4. The standard InChI is InChI=1S/C13H18N2O2/c1-10(13(17)6-7-14-9-13)15-8-11-4-2-3-5-12(11)16/h2-5,8,10,14,16-17H,6-7,9H2,1H3. The summed E-state index contributed by atoms with van der Waals surface area (Å²) in [4.78, 5) is 4.33. The Kier molecular flexibility index (Phi) is 3.45. The van der Waals surface area contributed by atoms with Gasteiger partial charge in [0.25, 0.3) is 0 Å². The van der Waals surface area contributed by atoms with Gasteiger partial charge < -0.3 is 15.5 Å². The van der Waals surface area contributed by atoms with E-state index in [0.717, 1.165) is 6.54 Å². The first-order valence-electron chi connectivity index (χ1n) is 5.86. The zero-order valence-electron chi connectivity index (χ0n) is 9.93. The number of β-amino-alcohol motifs (C(OH)–C–C–N with tert-alkyl or cyclic N) is 1. The van der Waals surface area contributed by atoms with Gasteiger partial charge >= 0.3 is 0 Å². The number of aliphatic hydroxyl groups is 1. The van der Waals surface area contributed by atoms with Gasteiger partial charge in [-0.1, -0.05) is 12.1 Å². The summed E-state index contributed by atoms with van der Waals surface area (Å²) in [5.41, 5.74) is -0.0881. The van der Waals surface area contributed by atoms with Gasteiger partial charge in [0, 0.05) is 18.3 Å². The molecule has 1 heterocycles.